The standard InChI is InChI=1S/C17H24N2O/c1-11-2-4-12(5-3-11)17(18)14-6-8-15-13(10-14)7-9-16(20)19-15/h6,8,10-12,17H,2-5,7,9,18H2,1H3,(H,19,20). The first kappa shape index (κ1) is 13.6. The van der Waals surface area contributed by atoms with Gasteiger partial charge in [0.1, 0.15) is 0 Å². The Labute approximate surface area is 120 Å². The molecule has 3 rings (SSSR count). The first-order valence-corrected chi connectivity index (χ1v) is 7.81. The number of carbonyl (C=O) groups is 1. The third-order valence-electron chi connectivity index (χ3n) is 4.98. The second kappa shape index (κ2) is 5.57. The Balaban J connectivity index is 1.75. The second-order valence-electron chi connectivity index (χ2n) is 6.51. The number of benzene rings is 1. The maximum Gasteiger partial charge on any atom is 0.224 e. The summed E-state index contributed by atoms with van der Waals surface area (Å²) in [7, 11) is 0. The van der Waals surface area contributed by atoms with Crippen LogP contribution in [0.1, 0.15) is 56.2 Å². The predicted molar refractivity (Wildman–Crippen MR) is 81.4 cm³/mol. The fourth-order valence-corrected chi connectivity index (χ4v) is 3.53. The molecule has 1 fully saturated rings. The summed E-state index contributed by atoms with van der Waals surface area (Å²) in [6.45, 7) is 2.34. The van der Waals surface area contributed by atoms with Gasteiger partial charge in [-0.1, -0.05) is 31.9 Å². The van der Waals surface area contributed by atoms with Crippen molar-refractivity contribution in [2.75, 3.05) is 5.32 Å². The molecule has 3 nitrogen and oxygen atoms in total. The number of hydrogen-bond acceptors (Lipinski definition) is 2. The molecule has 0 spiro atoms. The fourth-order valence-electron chi connectivity index (χ4n) is 3.53. The Bertz CT molecular complexity index is 504. The van der Waals surface area contributed by atoms with E-state index in [-0.39, 0.29) is 11.9 Å². The van der Waals surface area contributed by atoms with Crippen LogP contribution < -0.4 is 11.1 Å². The minimum Gasteiger partial charge on any atom is -0.326 e. The van der Waals surface area contributed by atoms with E-state index in [0.717, 1.165) is 18.0 Å². The highest BCUT2D eigenvalue weighted by atomic mass is 16.1. The number of nitrogens with one attached hydrogen (secondary N) is 1. The zero-order valence-electron chi connectivity index (χ0n) is 12.2. The van der Waals surface area contributed by atoms with Crippen LogP contribution in [0.4, 0.5) is 5.69 Å². The number of carbonyl (C=O) groups excluding carboxylic acids is 1. The summed E-state index contributed by atoms with van der Waals surface area (Å²) < 4.78 is 0. The first-order valence-electron chi connectivity index (χ1n) is 7.81. The molecule has 0 aromatic heterocycles. The van der Waals surface area contributed by atoms with Gasteiger partial charge in [0.15, 0.2) is 0 Å². The van der Waals surface area contributed by atoms with Gasteiger partial charge >= 0.3 is 0 Å². The third-order valence-corrected chi connectivity index (χ3v) is 4.98. The van der Waals surface area contributed by atoms with E-state index in [1.54, 1.807) is 0 Å². The summed E-state index contributed by atoms with van der Waals surface area (Å²) in [6, 6.07) is 6.46. The van der Waals surface area contributed by atoms with Crippen molar-refractivity contribution in [2.45, 2.75) is 51.5 Å². The van der Waals surface area contributed by atoms with Crippen molar-refractivity contribution in [3.8, 4) is 0 Å². The molecule has 0 radical (unpaired) electrons. The highest BCUT2D eigenvalue weighted by molar-refractivity contribution is 5.93. The molecule has 0 bridgehead atoms. The molecular formula is C17H24N2O. The molecule has 1 aliphatic carbocycles. The fraction of sp³-hybridized carbons (Fsp3) is 0.588. The SMILES string of the molecule is CC1CCC(C(N)c2ccc3c(c2)CCC(=O)N3)CC1. The van der Waals surface area contributed by atoms with Crippen LogP contribution in [0.5, 0.6) is 0 Å². The van der Waals surface area contributed by atoms with Crippen LogP contribution in [-0.2, 0) is 11.2 Å². The Kier molecular flexibility index (Phi) is 3.79. The lowest BCUT2D eigenvalue weighted by molar-refractivity contribution is -0.116. The number of hydrogen-bond donors (Lipinski definition) is 2. The molecule has 1 aromatic rings. The molecule has 20 heavy (non-hydrogen) atoms. The zero-order chi connectivity index (χ0) is 14.1. The Hall–Kier alpha value is -1.35. The average molecular weight is 272 g/mol. The number of rotatable bonds is 2. The van der Waals surface area contributed by atoms with E-state index in [4.69, 9.17) is 5.73 Å². The average Bonchev–Trinajstić information content (AvgIpc) is 2.47. The van der Waals surface area contributed by atoms with E-state index in [1.165, 1.54) is 36.8 Å². The van der Waals surface area contributed by atoms with Crippen molar-refractivity contribution in [1.82, 2.24) is 0 Å². The Morgan fingerprint density at radius 1 is 1.20 bits per heavy atom. The van der Waals surface area contributed by atoms with E-state index >= 15 is 0 Å². The molecule has 1 amide bonds. The largest absolute Gasteiger partial charge is 0.326 e. The van der Waals surface area contributed by atoms with Gasteiger partial charge in [0, 0.05) is 18.2 Å². The third kappa shape index (κ3) is 2.73. The topological polar surface area (TPSA) is 55.1 Å². The van der Waals surface area contributed by atoms with E-state index in [0.29, 0.717) is 12.3 Å². The molecule has 1 atom stereocenters. The number of fused-ring (bicyclic) bond motifs is 1. The number of aryl methyl sites for hydroxylation is 1. The highest BCUT2D eigenvalue weighted by Gasteiger charge is 2.25. The van der Waals surface area contributed by atoms with Crippen LogP contribution in [0.2, 0.25) is 0 Å². The van der Waals surface area contributed by atoms with Crippen LogP contribution in [0.3, 0.4) is 0 Å². The van der Waals surface area contributed by atoms with Crippen molar-refractivity contribution in [3.63, 3.8) is 0 Å². The highest BCUT2D eigenvalue weighted by Crippen LogP contribution is 2.36. The van der Waals surface area contributed by atoms with Crippen molar-refractivity contribution >= 4 is 11.6 Å². The summed E-state index contributed by atoms with van der Waals surface area (Å²) in [5.74, 6) is 1.59. The van der Waals surface area contributed by atoms with Crippen molar-refractivity contribution in [2.24, 2.45) is 17.6 Å². The normalized spacial score (nSPS) is 27.6. The van der Waals surface area contributed by atoms with Crippen molar-refractivity contribution in [3.05, 3.63) is 29.3 Å². The van der Waals surface area contributed by atoms with Gasteiger partial charge in [-0.25, -0.2) is 0 Å². The van der Waals surface area contributed by atoms with Gasteiger partial charge < -0.3 is 11.1 Å². The molecule has 0 saturated heterocycles. The summed E-state index contributed by atoms with van der Waals surface area (Å²) in [5.41, 5.74) is 9.93. The number of amides is 1. The lowest BCUT2D eigenvalue weighted by atomic mass is 9.77. The molecule has 1 saturated carbocycles. The summed E-state index contributed by atoms with van der Waals surface area (Å²) in [6.07, 6.45) is 6.53. The van der Waals surface area contributed by atoms with Crippen LogP contribution >= 0.6 is 0 Å². The maximum absolute atomic E-state index is 11.4. The number of anilines is 1. The van der Waals surface area contributed by atoms with Crippen LogP contribution in [0.25, 0.3) is 0 Å². The van der Waals surface area contributed by atoms with Gasteiger partial charge in [-0.15, -0.1) is 0 Å². The Morgan fingerprint density at radius 2 is 1.95 bits per heavy atom. The van der Waals surface area contributed by atoms with E-state index in [1.807, 2.05) is 6.07 Å². The van der Waals surface area contributed by atoms with Crippen molar-refractivity contribution in [1.29, 1.82) is 0 Å². The van der Waals surface area contributed by atoms with E-state index in [2.05, 4.69) is 24.4 Å². The molecule has 1 unspecified atom stereocenters. The van der Waals surface area contributed by atoms with Crippen LogP contribution in [-0.4, -0.2) is 5.91 Å². The molecule has 1 aliphatic heterocycles. The second-order valence-corrected chi connectivity index (χ2v) is 6.51. The van der Waals surface area contributed by atoms with Crippen molar-refractivity contribution < 1.29 is 4.79 Å². The zero-order valence-corrected chi connectivity index (χ0v) is 12.2. The molecule has 3 N–H and O–H groups in total. The van der Waals surface area contributed by atoms with Gasteiger partial charge in [-0.2, -0.15) is 0 Å². The minimum atomic E-state index is 0.121. The molecule has 1 heterocycles. The molecule has 3 heteroatoms. The van der Waals surface area contributed by atoms with E-state index < -0.39 is 0 Å². The van der Waals surface area contributed by atoms with Crippen LogP contribution in [0, 0.1) is 11.8 Å². The molecule has 1 aromatic carbocycles. The molecule has 2 aliphatic rings. The predicted octanol–water partition coefficient (Wildman–Crippen LogP) is 3.40. The molecule has 108 valence electrons. The van der Waals surface area contributed by atoms with Gasteiger partial charge in [0.25, 0.3) is 0 Å². The Morgan fingerprint density at radius 3 is 2.70 bits per heavy atom. The van der Waals surface area contributed by atoms with Gasteiger partial charge in [-0.05, 0) is 48.3 Å². The smallest absolute Gasteiger partial charge is 0.224 e. The minimum absolute atomic E-state index is 0.121. The van der Waals surface area contributed by atoms with Gasteiger partial charge in [0.05, 0.1) is 0 Å². The van der Waals surface area contributed by atoms with E-state index in [9.17, 15) is 4.79 Å². The maximum atomic E-state index is 11.4. The quantitative estimate of drug-likeness (QED) is 0.867. The monoisotopic (exact) mass is 272 g/mol. The van der Waals surface area contributed by atoms with Gasteiger partial charge in [-0.3, -0.25) is 4.79 Å². The number of nitrogens with two attached hydrogens (primary N) is 1. The van der Waals surface area contributed by atoms with Crippen LogP contribution in [0.15, 0.2) is 18.2 Å². The van der Waals surface area contributed by atoms with Gasteiger partial charge in [0.2, 0.25) is 5.91 Å². The lowest BCUT2D eigenvalue weighted by Gasteiger charge is -2.31. The summed E-state index contributed by atoms with van der Waals surface area (Å²) >= 11 is 0. The lowest BCUT2D eigenvalue weighted by Crippen LogP contribution is -2.26. The summed E-state index contributed by atoms with van der Waals surface area (Å²) in [4.78, 5) is 11.4. The molecular weight excluding hydrogens is 248 g/mol. The first-order chi connectivity index (χ1) is 9.63. The summed E-state index contributed by atoms with van der Waals surface area (Å²) in [5, 5.41) is 2.93.